The SMILES string of the molecule is C#CCOc1ccc2ccccc2c1/C=c1/sc2n(c1=O)[C@H](c1cc(Br)ccc1OC)C(C(=O)OCC)=C(CCC)N=2. The van der Waals surface area contributed by atoms with Crippen molar-refractivity contribution in [2.75, 3.05) is 20.3 Å². The zero-order chi connectivity index (χ0) is 29.8. The van der Waals surface area contributed by atoms with Crippen molar-refractivity contribution in [3.8, 4) is 23.8 Å². The van der Waals surface area contributed by atoms with Gasteiger partial charge in [0.05, 0.1) is 29.5 Å². The lowest BCUT2D eigenvalue weighted by Crippen LogP contribution is -2.40. The molecule has 214 valence electrons. The van der Waals surface area contributed by atoms with Gasteiger partial charge in [-0.25, -0.2) is 9.79 Å². The Kier molecular flexibility index (Phi) is 8.95. The highest BCUT2D eigenvalue weighted by Gasteiger charge is 2.36. The van der Waals surface area contributed by atoms with Crippen LogP contribution in [0.3, 0.4) is 0 Å². The molecule has 1 atom stereocenters. The van der Waals surface area contributed by atoms with Crippen molar-refractivity contribution in [1.29, 1.82) is 0 Å². The summed E-state index contributed by atoms with van der Waals surface area (Å²) in [6.07, 6.45) is 8.59. The first-order chi connectivity index (χ1) is 20.4. The third kappa shape index (κ3) is 5.52. The fourth-order valence-corrected chi connectivity index (χ4v) is 6.52. The number of terminal acetylenes is 1. The Morgan fingerprint density at radius 2 is 1.95 bits per heavy atom. The van der Waals surface area contributed by atoms with Crippen molar-refractivity contribution in [3.63, 3.8) is 0 Å². The Bertz CT molecular complexity index is 1930. The Morgan fingerprint density at radius 3 is 2.69 bits per heavy atom. The number of carbonyl (C=O) groups is 1. The van der Waals surface area contributed by atoms with Gasteiger partial charge < -0.3 is 14.2 Å². The number of fused-ring (bicyclic) bond motifs is 2. The molecule has 1 aromatic heterocycles. The molecule has 5 rings (SSSR count). The van der Waals surface area contributed by atoms with Crippen LogP contribution in [0.25, 0.3) is 16.8 Å². The van der Waals surface area contributed by atoms with Crippen molar-refractivity contribution in [2.45, 2.75) is 32.7 Å². The second kappa shape index (κ2) is 12.8. The van der Waals surface area contributed by atoms with Gasteiger partial charge in [-0.15, -0.1) is 6.42 Å². The van der Waals surface area contributed by atoms with E-state index < -0.39 is 12.0 Å². The lowest BCUT2D eigenvalue weighted by atomic mass is 9.93. The summed E-state index contributed by atoms with van der Waals surface area (Å²) in [4.78, 5) is 33.2. The molecule has 0 N–H and O–H groups in total. The van der Waals surface area contributed by atoms with Crippen LogP contribution in [0.1, 0.15) is 43.9 Å². The maximum Gasteiger partial charge on any atom is 0.338 e. The van der Waals surface area contributed by atoms with E-state index in [0.29, 0.717) is 44.1 Å². The number of nitrogens with zero attached hydrogens (tertiary/aromatic N) is 2. The lowest BCUT2D eigenvalue weighted by Gasteiger charge is -2.27. The predicted molar refractivity (Wildman–Crippen MR) is 169 cm³/mol. The highest BCUT2D eigenvalue weighted by atomic mass is 79.9. The van der Waals surface area contributed by atoms with E-state index in [4.69, 9.17) is 25.6 Å². The van der Waals surface area contributed by atoms with E-state index in [1.807, 2.05) is 67.6 Å². The van der Waals surface area contributed by atoms with Gasteiger partial charge in [0.1, 0.15) is 24.1 Å². The molecule has 0 aliphatic carbocycles. The van der Waals surface area contributed by atoms with Gasteiger partial charge in [-0.2, -0.15) is 0 Å². The Labute approximate surface area is 255 Å². The average molecular weight is 646 g/mol. The molecule has 2 heterocycles. The van der Waals surface area contributed by atoms with Gasteiger partial charge in [0.25, 0.3) is 5.56 Å². The van der Waals surface area contributed by atoms with Crippen LogP contribution in [0.2, 0.25) is 0 Å². The molecule has 0 bridgehead atoms. The summed E-state index contributed by atoms with van der Waals surface area (Å²) in [6.45, 7) is 4.06. The summed E-state index contributed by atoms with van der Waals surface area (Å²) in [5.74, 6) is 3.11. The monoisotopic (exact) mass is 644 g/mol. The Hall–Kier alpha value is -4.13. The zero-order valence-electron chi connectivity index (χ0n) is 23.5. The molecule has 0 unspecified atom stereocenters. The highest BCUT2D eigenvalue weighted by molar-refractivity contribution is 9.10. The fraction of sp³-hybridized carbons (Fsp3) is 0.242. The predicted octanol–water partition coefficient (Wildman–Crippen LogP) is 5.51. The summed E-state index contributed by atoms with van der Waals surface area (Å²) >= 11 is 4.82. The largest absolute Gasteiger partial charge is 0.496 e. The van der Waals surface area contributed by atoms with Gasteiger partial charge in [0.2, 0.25) is 0 Å². The first-order valence-electron chi connectivity index (χ1n) is 13.5. The number of esters is 1. The molecule has 0 radical (unpaired) electrons. The lowest BCUT2D eigenvalue weighted by molar-refractivity contribution is -0.139. The maximum absolute atomic E-state index is 14.3. The molecule has 0 fully saturated rings. The number of ether oxygens (including phenoxy) is 3. The molecule has 3 aromatic carbocycles. The number of hydrogen-bond donors (Lipinski definition) is 0. The number of allylic oxidation sites excluding steroid dienone is 1. The number of rotatable bonds is 9. The van der Waals surface area contributed by atoms with Crippen LogP contribution in [0, 0.1) is 12.3 Å². The van der Waals surface area contributed by atoms with Crippen LogP contribution in [0.4, 0.5) is 0 Å². The number of thiazole rings is 1. The number of aromatic nitrogens is 1. The topological polar surface area (TPSA) is 79.1 Å². The Balaban J connectivity index is 1.84. The van der Waals surface area contributed by atoms with Gasteiger partial charge in [0, 0.05) is 15.6 Å². The normalized spacial score (nSPS) is 14.7. The van der Waals surface area contributed by atoms with Crippen molar-refractivity contribution in [1.82, 2.24) is 4.57 Å². The number of methoxy groups -OCH3 is 1. The molecule has 0 amide bonds. The third-order valence-electron chi connectivity index (χ3n) is 6.90. The summed E-state index contributed by atoms with van der Waals surface area (Å²) in [5.41, 5.74) is 2.02. The molecule has 7 nitrogen and oxygen atoms in total. The standard InChI is InChI=1S/C33H29BrN2O5S/c1-5-10-25-29(32(38)40-7-3)30(24-18-21(34)14-16-26(24)39-4)36-31(37)28(42-33(36)35-25)19-23-22-12-9-8-11-20(22)13-15-27(23)41-17-6-2/h2,8-9,11-16,18-19,30H,5,7,10,17H2,1,3-4H3/b28-19+/t30-/m1/s1. The number of benzene rings is 3. The smallest absolute Gasteiger partial charge is 0.338 e. The summed E-state index contributed by atoms with van der Waals surface area (Å²) < 4.78 is 19.9. The van der Waals surface area contributed by atoms with Crippen LogP contribution in [-0.2, 0) is 9.53 Å². The number of halogens is 1. The van der Waals surface area contributed by atoms with E-state index in [-0.39, 0.29) is 18.8 Å². The zero-order valence-corrected chi connectivity index (χ0v) is 25.9. The van der Waals surface area contributed by atoms with Gasteiger partial charge in [-0.3, -0.25) is 9.36 Å². The fourth-order valence-electron chi connectivity index (χ4n) is 5.13. The molecular formula is C33H29BrN2O5S. The maximum atomic E-state index is 14.3. The molecule has 4 aromatic rings. The van der Waals surface area contributed by atoms with Gasteiger partial charge in [-0.1, -0.05) is 76.9 Å². The second-order valence-electron chi connectivity index (χ2n) is 9.49. The van der Waals surface area contributed by atoms with Crippen molar-refractivity contribution >= 4 is 50.1 Å². The molecule has 0 saturated carbocycles. The second-order valence-corrected chi connectivity index (χ2v) is 11.4. The molecule has 1 aliphatic rings. The Morgan fingerprint density at radius 1 is 1.17 bits per heavy atom. The molecule has 9 heteroatoms. The minimum absolute atomic E-state index is 0.0897. The molecule has 1 aliphatic heterocycles. The minimum atomic E-state index is -0.805. The summed E-state index contributed by atoms with van der Waals surface area (Å²) in [5, 5.41) is 1.91. The van der Waals surface area contributed by atoms with E-state index in [0.717, 1.165) is 27.2 Å². The first kappa shape index (κ1) is 29.4. The van der Waals surface area contributed by atoms with Crippen molar-refractivity contribution < 1.29 is 19.0 Å². The number of carbonyl (C=O) groups excluding carboxylic acids is 1. The van der Waals surface area contributed by atoms with Crippen molar-refractivity contribution in [3.05, 3.63) is 101 Å². The summed E-state index contributed by atoms with van der Waals surface area (Å²) in [6, 6.07) is 16.4. The van der Waals surface area contributed by atoms with Crippen molar-refractivity contribution in [2.24, 2.45) is 4.99 Å². The minimum Gasteiger partial charge on any atom is -0.496 e. The first-order valence-corrected chi connectivity index (χ1v) is 15.2. The van der Waals surface area contributed by atoms with E-state index >= 15 is 0 Å². The van der Waals surface area contributed by atoms with Gasteiger partial charge >= 0.3 is 5.97 Å². The summed E-state index contributed by atoms with van der Waals surface area (Å²) in [7, 11) is 1.56. The van der Waals surface area contributed by atoms with E-state index in [1.165, 1.54) is 11.3 Å². The van der Waals surface area contributed by atoms with E-state index in [2.05, 4.69) is 21.9 Å². The van der Waals surface area contributed by atoms with Gasteiger partial charge in [-0.05, 0) is 54.5 Å². The van der Waals surface area contributed by atoms with Crippen LogP contribution in [-0.4, -0.2) is 30.9 Å². The third-order valence-corrected chi connectivity index (χ3v) is 8.37. The molecule has 42 heavy (non-hydrogen) atoms. The average Bonchev–Trinajstić information content (AvgIpc) is 3.30. The van der Waals surface area contributed by atoms with Crippen LogP contribution in [0.5, 0.6) is 11.5 Å². The quantitative estimate of drug-likeness (QED) is 0.177. The van der Waals surface area contributed by atoms with E-state index in [1.54, 1.807) is 18.6 Å². The molecule has 0 spiro atoms. The number of hydrogen-bond acceptors (Lipinski definition) is 7. The van der Waals surface area contributed by atoms with E-state index in [9.17, 15) is 9.59 Å². The highest BCUT2D eigenvalue weighted by Crippen LogP contribution is 2.38. The van der Waals surface area contributed by atoms with Crippen LogP contribution >= 0.6 is 27.3 Å². The van der Waals surface area contributed by atoms with Gasteiger partial charge in [0.15, 0.2) is 4.80 Å². The van der Waals surface area contributed by atoms with Crippen LogP contribution in [0.15, 0.2) is 80.1 Å². The molecule has 0 saturated heterocycles. The van der Waals surface area contributed by atoms with Crippen LogP contribution < -0.4 is 24.4 Å². The molecular weight excluding hydrogens is 616 g/mol.